The molecule has 1 aromatic heterocycles. The van der Waals surface area contributed by atoms with Crippen LogP contribution in [-0.4, -0.2) is 12.6 Å². The summed E-state index contributed by atoms with van der Waals surface area (Å²) in [5.41, 5.74) is 0.462. The fourth-order valence-corrected chi connectivity index (χ4v) is 2.69. The number of carbonyl (C=O) groups excluding carboxylic acids is 1. The van der Waals surface area contributed by atoms with E-state index >= 15 is 0 Å². The first-order valence-electron chi connectivity index (χ1n) is 5.66. The summed E-state index contributed by atoms with van der Waals surface area (Å²) >= 11 is 1.40. The van der Waals surface area contributed by atoms with E-state index in [2.05, 4.69) is 6.07 Å². The number of hydrogen-bond acceptors (Lipinski definition) is 5. The second kappa shape index (κ2) is 4.75. The molecule has 3 rings (SSSR count). The molecule has 2 heterocycles. The summed E-state index contributed by atoms with van der Waals surface area (Å²) in [5, 5.41) is 11.1. The Kier molecular flexibility index (Phi) is 2.94. The lowest BCUT2D eigenvalue weighted by Gasteiger charge is -2.06. The Morgan fingerprint density at radius 2 is 2.16 bits per heavy atom. The lowest BCUT2D eigenvalue weighted by atomic mass is 9.97. The number of ketones is 1. The lowest BCUT2D eigenvalue weighted by Crippen LogP contribution is -2.09. The summed E-state index contributed by atoms with van der Waals surface area (Å²) in [7, 11) is 0. The summed E-state index contributed by atoms with van der Waals surface area (Å²) in [5.74, 6) is 0.193. The minimum Gasteiger partial charge on any atom is -0.454 e. The van der Waals surface area contributed by atoms with Crippen LogP contribution in [-0.2, 0) is 0 Å². The predicted octanol–water partition coefficient (Wildman–Crippen LogP) is 2.97. The first-order chi connectivity index (χ1) is 9.29. The molecule has 94 valence electrons. The quantitative estimate of drug-likeness (QED) is 0.805. The van der Waals surface area contributed by atoms with Crippen molar-refractivity contribution in [3.05, 3.63) is 46.2 Å². The summed E-state index contributed by atoms with van der Waals surface area (Å²) < 4.78 is 10.4. The minimum atomic E-state index is -0.764. The topological polar surface area (TPSA) is 59.3 Å². The maximum atomic E-state index is 12.4. The third-order valence-electron chi connectivity index (χ3n) is 2.88. The monoisotopic (exact) mass is 271 g/mol. The van der Waals surface area contributed by atoms with Crippen LogP contribution in [0.1, 0.15) is 21.2 Å². The highest BCUT2D eigenvalue weighted by atomic mass is 32.1. The van der Waals surface area contributed by atoms with E-state index in [0.29, 0.717) is 17.1 Å². The fourth-order valence-electron chi connectivity index (χ4n) is 1.92. The first-order valence-corrected chi connectivity index (χ1v) is 6.54. The zero-order chi connectivity index (χ0) is 13.2. The van der Waals surface area contributed by atoms with Gasteiger partial charge in [0.1, 0.15) is 5.92 Å². The lowest BCUT2D eigenvalue weighted by molar-refractivity contribution is 0.0979. The Bertz CT molecular complexity index is 658. The van der Waals surface area contributed by atoms with Gasteiger partial charge in [0, 0.05) is 10.4 Å². The summed E-state index contributed by atoms with van der Waals surface area (Å²) in [6, 6.07) is 10.7. The standard InChI is InChI=1S/C14H9NO3S/c15-7-10(13-2-1-5-19-13)14(16)9-3-4-11-12(6-9)18-8-17-11/h1-6,10H,8H2. The van der Waals surface area contributed by atoms with E-state index in [1.54, 1.807) is 24.3 Å². The van der Waals surface area contributed by atoms with E-state index < -0.39 is 5.92 Å². The van der Waals surface area contributed by atoms with Gasteiger partial charge >= 0.3 is 0 Å². The maximum absolute atomic E-state index is 12.4. The molecular formula is C14H9NO3S. The molecule has 1 aliphatic heterocycles. The SMILES string of the molecule is N#CC(C(=O)c1ccc2c(c1)OCO2)c1cccs1. The van der Waals surface area contributed by atoms with Gasteiger partial charge in [0.05, 0.1) is 6.07 Å². The average molecular weight is 271 g/mol. The maximum Gasteiger partial charge on any atom is 0.231 e. The molecular weight excluding hydrogens is 262 g/mol. The highest BCUT2D eigenvalue weighted by Crippen LogP contribution is 2.34. The molecule has 19 heavy (non-hydrogen) atoms. The van der Waals surface area contributed by atoms with Crippen LogP contribution < -0.4 is 9.47 Å². The van der Waals surface area contributed by atoms with Crippen molar-refractivity contribution in [2.45, 2.75) is 5.92 Å². The average Bonchev–Trinajstić information content (AvgIpc) is 3.09. The molecule has 5 heteroatoms. The van der Waals surface area contributed by atoms with Crippen molar-refractivity contribution in [1.29, 1.82) is 5.26 Å². The molecule has 0 bridgehead atoms. The molecule has 0 saturated carbocycles. The second-order valence-electron chi connectivity index (χ2n) is 4.01. The van der Waals surface area contributed by atoms with Gasteiger partial charge < -0.3 is 9.47 Å². The smallest absolute Gasteiger partial charge is 0.231 e. The fraction of sp³-hybridized carbons (Fsp3) is 0.143. The Labute approximate surface area is 113 Å². The molecule has 0 fully saturated rings. The van der Waals surface area contributed by atoms with Crippen molar-refractivity contribution < 1.29 is 14.3 Å². The molecule has 0 saturated heterocycles. The van der Waals surface area contributed by atoms with Crippen molar-refractivity contribution in [3.8, 4) is 17.6 Å². The van der Waals surface area contributed by atoms with Gasteiger partial charge in [-0.15, -0.1) is 11.3 Å². The zero-order valence-corrected chi connectivity index (χ0v) is 10.6. The van der Waals surface area contributed by atoms with Gasteiger partial charge in [0.2, 0.25) is 6.79 Å². The van der Waals surface area contributed by atoms with Crippen molar-refractivity contribution in [2.75, 3.05) is 6.79 Å². The number of Topliss-reactive ketones (excluding diaryl/α,β-unsaturated/α-hetero) is 1. The minimum absolute atomic E-state index is 0.166. The number of carbonyl (C=O) groups is 1. The van der Waals surface area contributed by atoms with Gasteiger partial charge in [-0.05, 0) is 29.6 Å². The van der Waals surface area contributed by atoms with E-state index in [0.717, 1.165) is 4.88 Å². The highest BCUT2D eigenvalue weighted by Gasteiger charge is 2.24. The van der Waals surface area contributed by atoms with Gasteiger partial charge in [-0.25, -0.2) is 0 Å². The number of nitriles is 1. The Hall–Kier alpha value is -2.32. The van der Waals surface area contributed by atoms with Crippen LogP contribution in [0.4, 0.5) is 0 Å². The molecule has 0 spiro atoms. The van der Waals surface area contributed by atoms with Crippen molar-refractivity contribution in [2.24, 2.45) is 0 Å². The van der Waals surface area contributed by atoms with Crippen LogP contribution in [0.3, 0.4) is 0 Å². The Balaban J connectivity index is 1.93. The molecule has 1 aromatic carbocycles. The van der Waals surface area contributed by atoms with Gasteiger partial charge in [-0.2, -0.15) is 5.26 Å². The molecule has 1 atom stereocenters. The van der Waals surface area contributed by atoms with Crippen LogP contribution in [0.15, 0.2) is 35.7 Å². The second-order valence-corrected chi connectivity index (χ2v) is 4.99. The molecule has 0 aliphatic carbocycles. The third kappa shape index (κ3) is 2.07. The van der Waals surface area contributed by atoms with E-state index in [9.17, 15) is 10.1 Å². The molecule has 0 radical (unpaired) electrons. The predicted molar refractivity (Wildman–Crippen MR) is 69.6 cm³/mol. The number of thiophene rings is 1. The van der Waals surface area contributed by atoms with Crippen LogP contribution in [0, 0.1) is 11.3 Å². The van der Waals surface area contributed by atoms with Crippen LogP contribution in [0.25, 0.3) is 0 Å². The Morgan fingerprint density at radius 1 is 1.32 bits per heavy atom. The molecule has 1 aliphatic rings. The van der Waals surface area contributed by atoms with Crippen molar-refractivity contribution in [1.82, 2.24) is 0 Å². The van der Waals surface area contributed by atoms with Crippen LogP contribution >= 0.6 is 11.3 Å². The summed E-state index contributed by atoms with van der Waals surface area (Å²) in [4.78, 5) is 13.1. The summed E-state index contributed by atoms with van der Waals surface area (Å²) in [6.45, 7) is 0.166. The highest BCUT2D eigenvalue weighted by molar-refractivity contribution is 7.10. The van der Waals surface area contributed by atoms with E-state index in [1.807, 2.05) is 11.4 Å². The Morgan fingerprint density at radius 3 is 2.89 bits per heavy atom. The van der Waals surface area contributed by atoms with Gasteiger partial charge in [-0.1, -0.05) is 6.07 Å². The number of ether oxygens (including phenoxy) is 2. The molecule has 0 amide bonds. The van der Waals surface area contributed by atoms with E-state index in [-0.39, 0.29) is 12.6 Å². The van der Waals surface area contributed by atoms with E-state index in [4.69, 9.17) is 9.47 Å². The normalized spacial score (nSPS) is 13.8. The zero-order valence-electron chi connectivity index (χ0n) is 9.83. The van der Waals surface area contributed by atoms with Gasteiger partial charge in [0.15, 0.2) is 17.3 Å². The van der Waals surface area contributed by atoms with Crippen LogP contribution in [0.5, 0.6) is 11.5 Å². The third-order valence-corrected chi connectivity index (χ3v) is 3.81. The van der Waals surface area contributed by atoms with Crippen molar-refractivity contribution >= 4 is 17.1 Å². The van der Waals surface area contributed by atoms with Gasteiger partial charge in [0.25, 0.3) is 0 Å². The van der Waals surface area contributed by atoms with Gasteiger partial charge in [-0.3, -0.25) is 4.79 Å². The molecule has 2 aromatic rings. The molecule has 1 unspecified atom stereocenters. The van der Waals surface area contributed by atoms with Crippen molar-refractivity contribution in [3.63, 3.8) is 0 Å². The molecule has 4 nitrogen and oxygen atoms in total. The molecule has 0 N–H and O–H groups in total. The van der Waals surface area contributed by atoms with E-state index in [1.165, 1.54) is 11.3 Å². The number of fused-ring (bicyclic) bond motifs is 1. The summed E-state index contributed by atoms with van der Waals surface area (Å²) in [6.07, 6.45) is 0. The number of rotatable bonds is 3. The largest absolute Gasteiger partial charge is 0.454 e. The number of hydrogen-bond donors (Lipinski definition) is 0. The number of benzene rings is 1. The number of nitrogens with zero attached hydrogens (tertiary/aromatic N) is 1. The first kappa shape index (κ1) is 11.8. The van der Waals surface area contributed by atoms with Crippen LogP contribution in [0.2, 0.25) is 0 Å².